The summed E-state index contributed by atoms with van der Waals surface area (Å²) in [4.78, 5) is 27.6. The van der Waals surface area contributed by atoms with E-state index in [0.717, 1.165) is 12.0 Å². The first-order chi connectivity index (χ1) is 12.0. The summed E-state index contributed by atoms with van der Waals surface area (Å²) in [6.07, 6.45) is 4.71. The molecule has 1 aromatic heterocycles. The molecule has 25 heavy (non-hydrogen) atoms. The fourth-order valence-corrected chi connectivity index (χ4v) is 2.26. The van der Waals surface area contributed by atoms with Crippen LogP contribution in [-0.2, 0) is 11.2 Å². The number of amides is 3. The van der Waals surface area contributed by atoms with Crippen molar-refractivity contribution in [3.8, 4) is 0 Å². The number of hydrogen-bond donors (Lipinski definition) is 3. The number of nitrogens with one attached hydrogen (secondary N) is 3. The minimum atomic E-state index is -0.263. The van der Waals surface area contributed by atoms with Gasteiger partial charge in [0.25, 0.3) is 0 Å². The molecule has 0 aliphatic heterocycles. The van der Waals surface area contributed by atoms with Crippen molar-refractivity contribution in [3.63, 3.8) is 0 Å². The Hall–Kier alpha value is -2.89. The molecule has 132 valence electrons. The first-order valence-corrected chi connectivity index (χ1v) is 8.36. The van der Waals surface area contributed by atoms with Crippen LogP contribution in [0.5, 0.6) is 0 Å². The number of aromatic nitrogens is 1. The average Bonchev–Trinajstić information content (AvgIpc) is 2.57. The molecular formula is C19H24N4O2. The van der Waals surface area contributed by atoms with Crippen LogP contribution in [0.2, 0.25) is 0 Å². The summed E-state index contributed by atoms with van der Waals surface area (Å²) in [6.45, 7) is 4.53. The van der Waals surface area contributed by atoms with E-state index in [-0.39, 0.29) is 11.9 Å². The zero-order chi connectivity index (χ0) is 18.1. The summed E-state index contributed by atoms with van der Waals surface area (Å²) < 4.78 is 0. The van der Waals surface area contributed by atoms with Gasteiger partial charge < -0.3 is 16.0 Å². The number of urea groups is 1. The van der Waals surface area contributed by atoms with Crippen molar-refractivity contribution in [2.24, 2.45) is 5.92 Å². The summed E-state index contributed by atoms with van der Waals surface area (Å²) in [5.41, 5.74) is 2.46. The van der Waals surface area contributed by atoms with Crippen LogP contribution in [0, 0.1) is 5.92 Å². The van der Waals surface area contributed by atoms with Crippen LogP contribution in [0.25, 0.3) is 0 Å². The predicted octanol–water partition coefficient (Wildman–Crippen LogP) is 3.43. The minimum absolute atomic E-state index is 0.0103. The Morgan fingerprint density at radius 2 is 1.72 bits per heavy atom. The first kappa shape index (κ1) is 18.4. The molecule has 2 rings (SSSR count). The van der Waals surface area contributed by atoms with Crippen molar-refractivity contribution in [2.45, 2.75) is 26.7 Å². The second-order valence-corrected chi connectivity index (χ2v) is 6.22. The zero-order valence-corrected chi connectivity index (χ0v) is 14.6. The predicted molar refractivity (Wildman–Crippen MR) is 99.5 cm³/mol. The van der Waals surface area contributed by atoms with Crippen LogP contribution in [0.15, 0.2) is 48.8 Å². The maximum Gasteiger partial charge on any atom is 0.319 e. The van der Waals surface area contributed by atoms with Crippen molar-refractivity contribution in [3.05, 3.63) is 54.4 Å². The van der Waals surface area contributed by atoms with E-state index in [1.165, 1.54) is 0 Å². The number of rotatable bonds is 7. The summed E-state index contributed by atoms with van der Waals surface area (Å²) in [6, 6.07) is 10.6. The summed E-state index contributed by atoms with van der Waals surface area (Å²) in [5, 5.41) is 8.40. The van der Waals surface area contributed by atoms with E-state index < -0.39 is 0 Å². The molecule has 1 aromatic carbocycles. The lowest BCUT2D eigenvalue weighted by Gasteiger charge is -2.10. The van der Waals surface area contributed by atoms with Crippen LogP contribution in [0.4, 0.5) is 16.2 Å². The summed E-state index contributed by atoms with van der Waals surface area (Å²) in [7, 11) is 0. The van der Waals surface area contributed by atoms with Crippen LogP contribution in [-0.4, -0.2) is 23.5 Å². The highest BCUT2D eigenvalue weighted by molar-refractivity contribution is 5.92. The van der Waals surface area contributed by atoms with Crippen molar-refractivity contribution >= 4 is 23.3 Å². The Kier molecular flexibility index (Phi) is 6.95. The third-order valence-corrected chi connectivity index (χ3v) is 3.44. The maximum atomic E-state index is 11.9. The number of pyridine rings is 1. The topological polar surface area (TPSA) is 83.1 Å². The lowest BCUT2D eigenvalue weighted by molar-refractivity contribution is -0.116. The zero-order valence-electron chi connectivity index (χ0n) is 14.6. The molecule has 0 atom stereocenters. The van der Waals surface area contributed by atoms with Crippen LogP contribution < -0.4 is 16.0 Å². The molecule has 6 nitrogen and oxygen atoms in total. The summed E-state index contributed by atoms with van der Waals surface area (Å²) in [5.74, 6) is 0.306. The van der Waals surface area contributed by atoms with Gasteiger partial charge in [-0.3, -0.25) is 9.78 Å². The first-order valence-electron chi connectivity index (χ1n) is 8.36. The second kappa shape index (κ2) is 9.42. The Bertz CT molecular complexity index is 684. The van der Waals surface area contributed by atoms with Gasteiger partial charge in [0.15, 0.2) is 0 Å². The Morgan fingerprint density at radius 3 is 2.32 bits per heavy atom. The maximum absolute atomic E-state index is 11.9. The lowest BCUT2D eigenvalue weighted by atomic mass is 10.1. The van der Waals surface area contributed by atoms with E-state index in [4.69, 9.17) is 0 Å². The number of carbonyl (C=O) groups excluding carboxylic acids is 2. The number of carbonyl (C=O) groups is 2. The number of benzene rings is 1. The van der Waals surface area contributed by atoms with E-state index in [2.05, 4.69) is 20.9 Å². The Labute approximate surface area is 148 Å². The number of nitrogens with zero attached hydrogens (tertiary/aromatic N) is 1. The molecule has 2 aromatic rings. The molecule has 0 bridgehead atoms. The van der Waals surface area contributed by atoms with Gasteiger partial charge in [-0.15, -0.1) is 0 Å². The summed E-state index contributed by atoms with van der Waals surface area (Å²) >= 11 is 0. The Balaban J connectivity index is 1.74. The molecule has 0 spiro atoms. The van der Waals surface area contributed by atoms with Crippen molar-refractivity contribution in [2.75, 3.05) is 17.2 Å². The highest BCUT2D eigenvalue weighted by Gasteiger charge is 2.06. The smallest absolute Gasteiger partial charge is 0.319 e. The number of anilines is 2. The molecule has 3 N–H and O–H groups in total. The standard InChI is InChI=1S/C19H24N4O2/c1-14(2)12-18(24)22-16-5-7-17(8-6-16)23-19(25)21-11-9-15-4-3-10-20-13-15/h3-8,10,13-14H,9,11-12H2,1-2H3,(H,22,24)(H2,21,23,25). The van der Waals surface area contributed by atoms with E-state index in [1.807, 2.05) is 26.0 Å². The molecule has 0 unspecified atom stereocenters. The molecular weight excluding hydrogens is 316 g/mol. The van der Waals surface area contributed by atoms with Gasteiger partial charge >= 0.3 is 6.03 Å². The van der Waals surface area contributed by atoms with Crippen molar-refractivity contribution in [1.29, 1.82) is 0 Å². The van der Waals surface area contributed by atoms with E-state index in [9.17, 15) is 9.59 Å². The molecule has 0 aliphatic rings. The highest BCUT2D eigenvalue weighted by atomic mass is 16.2. The van der Waals surface area contributed by atoms with Gasteiger partial charge in [0.1, 0.15) is 0 Å². The fraction of sp³-hybridized carbons (Fsp3) is 0.316. The van der Waals surface area contributed by atoms with Gasteiger partial charge in [0.05, 0.1) is 0 Å². The van der Waals surface area contributed by atoms with Gasteiger partial charge in [-0.05, 0) is 48.2 Å². The fourth-order valence-electron chi connectivity index (χ4n) is 2.26. The molecule has 0 fully saturated rings. The average molecular weight is 340 g/mol. The second-order valence-electron chi connectivity index (χ2n) is 6.22. The lowest BCUT2D eigenvalue weighted by Crippen LogP contribution is -2.30. The van der Waals surface area contributed by atoms with Gasteiger partial charge in [-0.1, -0.05) is 19.9 Å². The van der Waals surface area contributed by atoms with E-state index in [1.54, 1.807) is 36.7 Å². The third-order valence-electron chi connectivity index (χ3n) is 3.44. The van der Waals surface area contributed by atoms with Crippen molar-refractivity contribution < 1.29 is 9.59 Å². The SMILES string of the molecule is CC(C)CC(=O)Nc1ccc(NC(=O)NCCc2cccnc2)cc1. The quantitative estimate of drug-likeness (QED) is 0.722. The third kappa shape index (κ3) is 7.03. The highest BCUT2D eigenvalue weighted by Crippen LogP contribution is 2.14. The van der Waals surface area contributed by atoms with Gasteiger partial charge in [0.2, 0.25) is 5.91 Å². The van der Waals surface area contributed by atoms with Crippen LogP contribution >= 0.6 is 0 Å². The number of hydrogen-bond acceptors (Lipinski definition) is 3. The minimum Gasteiger partial charge on any atom is -0.338 e. The van der Waals surface area contributed by atoms with Gasteiger partial charge in [-0.25, -0.2) is 4.79 Å². The molecule has 3 amide bonds. The normalized spacial score (nSPS) is 10.4. The van der Waals surface area contributed by atoms with E-state index >= 15 is 0 Å². The van der Waals surface area contributed by atoms with E-state index in [0.29, 0.717) is 30.3 Å². The molecule has 0 radical (unpaired) electrons. The van der Waals surface area contributed by atoms with Crippen molar-refractivity contribution in [1.82, 2.24) is 10.3 Å². The molecule has 0 aliphatic carbocycles. The largest absolute Gasteiger partial charge is 0.338 e. The van der Waals surface area contributed by atoms with Gasteiger partial charge in [0, 0.05) is 36.7 Å². The molecule has 0 saturated heterocycles. The Morgan fingerprint density at radius 1 is 1.04 bits per heavy atom. The monoisotopic (exact) mass is 340 g/mol. The molecule has 1 heterocycles. The molecule has 6 heteroatoms. The van der Waals surface area contributed by atoms with Crippen LogP contribution in [0.1, 0.15) is 25.8 Å². The van der Waals surface area contributed by atoms with Crippen LogP contribution in [0.3, 0.4) is 0 Å². The van der Waals surface area contributed by atoms with Gasteiger partial charge in [-0.2, -0.15) is 0 Å². The molecule has 0 saturated carbocycles.